The van der Waals surface area contributed by atoms with Crippen molar-refractivity contribution in [2.24, 2.45) is 0 Å². The number of halogens is 2. The summed E-state index contributed by atoms with van der Waals surface area (Å²) in [6, 6.07) is 24.5. The molecule has 1 aliphatic heterocycles. The van der Waals surface area contributed by atoms with Gasteiger partial charge in [-0.1, -0.05) is 54.6 Å². The van der Waals surface area contributed by atoms with Crippen LogP contribution in [0.4, 0.5) is 8.78 Å². The summed E-state index contributed by atoms with van der Waals surface area (Å²) < 4.78 is 34.6. The number of hydrogen-bond donors (Lipinski definition) is 0. The maximum Gasteiger partial charge on any atom is 0.178 e. The molecule has 0 atom stereocenters. The van der Waals surface area contributed by atoms with E-state index in [9.17, 15) is 8.78 Å². The summed E-state index contributed by atoms with van der Waals surface area (Å²) in [5.74, 6) is -0.0566. The van der Waals surface area contributed by atoms with Crippen LogP contribution >= 0.6 is 0 Å². The fraction of sp³-hybridized carbons (Fsp3) is 0.0400. The van der Waals surface area contributed by atoms with Gasteiger partial charge in [-0.15, -0.1) is 0 Å². The fourth-order valence-corrected chi connectivity index (χ4v) is 3.86. The summed E-state index contributed by atoms with van der Waals surface area (Å²) >= 11 is 0. The first kappa shape index (κ1) is 16.7. The number of hydrogen-bond acceptors (Lipinski definition) is 1. The third-order valence-corrected chi connectivity index (χ3v) is 5.19. The van der Waals surface area contributed by atoms with Crippen molar-refractivity contribution < 1.29 is 13.5 Å². The van der Waals surface area contributed by atoms with Crippen LogP contribution in [-0.2, 0) is 5.60 Å². The van der Waals surface area contributed by atoms with E-state index in [1.54, 1.807) is 24.3 Å². The fourth-order valence-electron chi connectivity index (χ4n) is 3.86. The van der Waals surface area contributed by atoms with Crippen molar-refractivity contribution in [2.45, 2.75) is 5.60 Å². The highest BCUT2D eigenvalue weighted by Gasteiger charge is 2.37. The topological polar surface area (TPSA) is 9.23 Å². The van der Waals surface area contributed by atoms with Gasteiger partial charge in [-0.2, -0.15) is 0 Å². The van der Waals surface area contributed by atoms with Crippen molar-refractivity contribution in [2.75, 3.05) is 0 Å². The summed E-state index contributed by atoms with van der Waals surface area (Å²) in [4.78, 5) is 0. The minimum absolute atomic E-state index is 0.366. The van der Waals surface area contributed by atoms with E-state index in [0.29, 0.717) is 16.9 Å². The molecule has 28 heavy (non-hydrogen) atoms. The van der Waals surface area contributed by atoms with E-state index < -0.39 is 5.60 Å². The normalized spacial score (nSPS) is 14.5. The first-order valence-corrected chi connectivity index (χ1v) is 9.08. The zero-order valence-electron chi connectivity index (χ0n) is 14.9. The summed E-state index contributed by atoms with van der Waals surface area (Å²) in [6.45, 7) is 0. The molecule has 0 bridgehead atoms. The Labute approximate surface area is 161 Å². The maximum atomic E-state index is 14.0. The van der Waals surface area contributed by atoms with Crippen LogP contribution in [0.1, 0.15) is 16.7 Å². The van der Waals surface area contributed by atoms with Crippen LogP contribution in [0.5, 0.6) is 5.75 Å². The second-order valence-electron chi connectivity index (χ2n) is 6.89. The first-order valence-electron chi connectivity index (χ1n) is 9.08. The molecule has 4 aromatic carbocycles. The largest absolute Gasteiger partial charge is 0.473 e. The molecule has 0 fully saturated rings. The van der Waals surface area contributed by atoms with E-state index in [2.05, 4.69) is 0 Å². The molecule has 5 rings (SSSR count). The molecule has 0 spiro atoms. The molecule has 0 aromatic heterocycles. The van der Waals surface area contributed by atoms with Crippen LogP contribution in [0.3, 0.4) is 0 Å². The van der Waals surface area contributed by atoms with Gasteiger partial charge in [0, 0.05) is 16.7 Å². The standard InChI is InChI=1S/C25H16F2O/c26-20-8-3-6-18(15-20)25(19-7-4-9-21(27)16-19)14-13-23-22-10-2-1-5-17(22)11-12-24(23)28-25/h1-16H. The van der Waals surface area contributed by atoms with Gasteiger partial charge in [-0.25, -0.2) is 8.78 Å². The summed E-state index contributed by atoms with van der Waals surface area (Å²) in [6.07, 6.45) is 3.86. The van der Waals surface area contributed by atoms with Crippen molar-refractivity contribution in [3.8, 4) is 5.75 Å². The highest BCUT2D eigenvalue weighted by atomic mass is 19.1. The van der Waals surface area contributed by atoms with Crippen LogP contribution in [0.15, 0.2) is 91.0 Å². The van der Waals surface area contributed by atoms with Gasteiger partial charge in [0.1, 0.15) is 17.4 Å². The van der Waals surface area contributed by atoms with Gasteiger partial charge in [0.05, 0.1) is 0 Å². The Bertz CT molecular complexity index is 1180. The second-order valence-corrected chi connectivity index (χ2v) is 6.89. The van der Waals surface area contributed by atoms with Gasteiger partial charge in [0.2, 0.25) is 0 Å². The molecule has 1 heterocycles. The van der Waals surface area contributed by atoms with Crippen molar-refractivity contribution in [1.82, 2.24) is 0 Å². The number of ether oxygens (including phenoxy) is 1. The molecule has 1 aliphatic rings. The molecule has 0 amide bonds. The molecule has 0 saturated heterocycles. The molecule has 1 nitrogen and oxygen atoms in total. The molecule has 0 unspecified atom stereocenters. The Kier molecular flexibility index (Phi) is 3.76. The average molecular weight is 370 g/mol. The van der Waals surface area contributed by atoms with Gasteiger partial charge in [-0.3, -0.25) is 0 Å². The lowest BCUT2D eigenvalue weighted by molar-refractivity contribution is 0.160. The van der Waals surface area contributed by atoms with E-state index in [4.69, 9.17) is 4.74 Å². The zero-order chi connectivity index (χ0) is 19.1. The summed E-state index contributed by atoms with van der Waals surface area (Å²) in [5, 5.41) is 2.18. The smallest absolute Gasteiger partial charge is 0.178 e. The SMILES string of the molecule is Fc1cccc(C2(c3cccc(F)c3)C=Cc3c(ccc4ccccc34)O2)c1. The molecular formula is C25H16F2O. The van der Waals surface area contributed by atoms with Gasteiger partial charge < -0.3 is 4.74 Å². The Morgan fingerprint density at radius 3 is 2.04 bits per heavy atom. The molecule has 0 radical (unpaired) electrons. The lowest BCUT2D eigenvalue weighted by atomic mass is 9.83. The van der Waals surface area contributed by atoms with E-state index in [0.717, 1.165) is 16.3 Å². The van der Waals surface area contributed by atoms with Crippen LogP contribution in [0.2, 0.25) is 0 Å². The lowest BCUT2D eigenvalue weighted by Crippen LogP contribution is -2.34. The van der Waals surface area contributed by atoms with Crippen LogP contribution < -0.4 is 4.74 Å². The third-order valence-electron chi connectivity index (χ3n) is 5.19. The number of rotatable bonds is 2. The van der Waals surface area contributed by atoms with Crippen molar-refractivity contribution in [1.29, 1.82) is 0 Å². The lowest BCUT2D eigenvalue weighted by Gasteiger charge is -2.36. The van der Waals surface area contributed by atoms with Crippen LogP contribution in [0.25, 0.3) is 16.8 Å². The summed E-state index contributed by atoms with van der Waals surface area (Å²) in [5.41, 5.74) is 1.06. The van der Waals surface area contributed by atoms with Crippen LogP contribution in [-0.4, -0.2) is 0 Å². The van der Waals surface area contributed by atoms with Crippen molar-refractivity contribution in [3.05, 3.63) is 119 Å². The highest BCUT2D eigenvalue weighted by Crippen LogP contribution is 2.44. The average Bonchev–Trinajstić information content (AvgIpc) is 2.73. The highest BCUT2D eigenvalue weighted by molar-refractivity contribution is 5.94. The molecular weight excluding hydrogens is 354 g/mol. The van der Waals surface area contributed by atoms with Gasteiger partial charge in [-0.05, 0) is 53.3 Å². The molecule has 0 aliphatic carbocycles. The van der Waals surface area contributed by atoms with Crippen molar-refractivity contribution in [3.63, 3.8) is 0 Å². The van der Waals surface area contributed by atoms with E-state index >= 15 is 0 Å². The van der Waals surface area contributed by atoms with Crippen molar-refractivity contribution >= 4 is 16.8 Å². The van der Waals surface area contributed by atoms with Gasteiger partial charge in [0.25, 0.3) is 0 Å². The monoisotopic (exact) mass is 370 g/mol. The maximum absolute atomic E-state index is 14.0. The van der Waals surface area contributed by atoms with E-state index in [1.165, 1.54) is 24.3 Å². The van der Waals surface area contributed by atoms with Crippen LogP contribution in [0, 0.1) is 11.6 Å². The molecule has 136 valence electrons. The second kappa shape index (κ2) is 6.31. The molecule has 0 N–H and O–H groups in total. The Morgan fingerprint density at radius 2 is 1.36 bits per heavy atom. The summed E-state index contributed by atoms with van der Waals surface area (Å²) in [7, 11) is 0. The molecule has 0 saturated carbocycles. The minimum atomic E-state index is -1.11. The Hall–Kier alpha value is -3.46. The zero-order valence-corrected chi connectivity index (χ0v) is 14.9. The first-order chi connectivity index (χ1) is 13.7. The number of fused-ring (bicyclic) bond motifs is 3. The Morgan fingerprint density at radius 1 is 0.679 bits per heavy atom. The van der Waals surface area contributed by atoms with E-state index in [-0.39, 0.29) is 11.6 Å². The van der Waals surface area contributed by atoms with Gasteiger partial charge in [0.15, 0.2) is 5.60 Å². The predicted octanol–water partition coefficient (Wildman–Crippen LogP) is 6.47. The molecule has 4 aromatic rings. The quantitative estimate of drug-likeness (QED) is 0.393. The van der Waals surface area contributed by atoms with E-state index in [1.807, 2.05) is 48.6 Å². The Balaban J connectivity index is 1.76. The van der Waals surface area contributed by atoms with Gasteiger partial charge >= 0.3 is 0 Å². The third kappa shape index (κ3) is 2.59. The predicted molar refractivity (Wildman–Crippen MR) is 107 cm³/mol. The minimum Gasteiger partial charge on any atom is -0.473 e. The molecule has 3 heteroatoms. The number of benzene rings is 4.